The van der Waals surface area contributed by atoms with Crippen molar-refractivity contribution in [2.24, 2.45) is 5.92 Å². The lowest BCUT2D eigenvalue weighted by Gasteiger charge is -2.43. The molecule has 2 aromatic heterocycles. The van der Waals surface area contributed by atoms with E-state index >= 15 is 0 Å². The number of nitrogens with zero attached hydrogens (tertiary/aromatic N) is 5. The van der Waals surface area contributed by atoms with Gasteiger partial charge in [-0.25, -0.2) is 4.98 Å². The van der Waals surface area contributed by atoms with E-state index in [9.17, 15) is 0 Å². The van der Waals surface area contributed by atoms with Crippen LogP contribution in [0.1, 0.15) is 44.2 Å². The summed E-state index contributed by atoms with van der Waals surface area (Å²) in [5, 5.41) is 28.1. The highest BCUT2D eigenvalue weighted by atomic mass is 16.5. The molecule has 3 fully saturated rings. The predicted octanol–water partition coefficient (Wildman–Crippen LogP) is 3.85. The molecule has 10 nitrogen and oxygen atoms in total. The Bertz CT molecular complexity index is 1280. The molecule has 3 aliphatic heterocycles. The third-order valence-corrected chi connectivity index (χ3v) is 8.02. The number of hydrogen-bond acceptors (Lipinski definition) is 9. The maximum Gasteiger partial charge on any atom is 0.225 e. The summed E-state index contributed by atoms with van der Waals surface area (Å²) in [6, 6.07) is 11.9. The van der Waals surface area contributed by atoms with E-state index in [1.54, 1.807) is 7.11 Å². The highest BCUT2D eigenvalue weighted by Gasteiger charge is 2.35. The Morgan fingerprint density at radius 3 is 2.65 bits per heavy atom. The van der Waals surface area contributed by atoms with Crippen molar-refractivity contribution in [3.05, 3.63) is 30.0 Å². The van der Waals surface area contributed by atoms with E-state index in [1.807, 2.05) is 13.0 Å². The number of nitrogens with one attached hydrogen (secondary N) is 4. The summed E-state index contributed by atoms with van der Waals surface area (Å²) in [6.07, 6.45) is 6.32. The molecule has 0 radical (unpaired) electrons. The first-order chi connectivity index (χ1) is 18.1. The quantitative estimate of drug-likeness (QED) is 0.364. The van der Waals surface area contributed by atoms with Gasteiger partial charge < -0.3 is 25.6 Å². The second kappa shape index (κ2) is 10.1. The van der Waals surface area contributed by atoms with Gasteiger partial charge in [0.25, 0.3) is 0 Å². The molecule has 5 heterocycles. The summed E-state index contributed by atoms with van der Waals surface area (Å²) in [6.45, 7) is 3.76. The Morgan fingerprint density at radius 2 is 1.95 bits per heavy atom. The lowest BCUT2D eigenvalue weighted by molar-refractivity contribution is 0.0788. The van der Waals surface area contributed by atoms with Gasteiger partial charge in [0.15, 0.2) is 5.82 Å². The fourth-order valence-corrected chi connectivity index (χ4v) is 6.16. The zero-order chi connectivity index (χ0) is 25.4. The zero-order valence-electron chi connectivity index (χ0n) is 21.5. The van der Waals surface area contributed by atoms with E-state index in [4.69, 9.17) is 20.0 Å². The molecule has 4 atom stereocenters. The Kier molecular flexibility index (Phi) is 6.57. The summed E-state index contributed by atoms with van der Waals surface area (Å²) in [5.41, 5.74) is 3.03. The average molecular weight is 502 g/mol. The van der Waals surface area contributed by atoms with E-state index < -0.39 is 0 Å². The second-order valence-electron chi connectivity index (χ2n) is 10.8. The van der Waals surface area contributed by atoms with Crippen LogP contribution in [-0.2, 0) is 4.74 Å². The number of aryl methyl sites for hydroxylation is 1. The number of nitriles is 1. The summed E-state index contributed by atoms with van der Waals surface area (Å²) in [5.74, 6) is 2.77. The number of hydrogen-bond donors (Lipinski definition) is 4. The molecule has 3 saturated heterocycles. The molecule has 0 spiro atoms. The van der Waals surface area contributed by atoms with Gasteiger partial charge in [0.05, 0.1) is 17.7 Å². The molecule has 3 aromatic rings. The minimum atomic E-state index is 0.289. The monoisotopic (exact) mass is 501 g/mol. The number of anilines is 4. The van der Waals surface area contributed by atoms with Gasteiger partial charge >= 0.3 is 0 Å². The Hall–Kier alpha value is -3.42. The largest absolute Gasteiger partial charge is 0.378 e. The lowest BCUT2D eigenvalue weighted by atomic mass is 9.77. The lowest BCUT2D eigenvalue weighted by Crippen LogP contribution is -2.54. The molecule has 0 saturated carbocycles. The second-order valence-corrected chi connectivity index (χ2v) is 10.8. The number of methoxy groups -OCH3 is 1. The van der Waals surface area contributed by atoms with Crippen molar-refractivity contribution in [3.8, 4) is 6.07 Å². The van der Waals surface area contributed by atoms with E-state index in [-0.39, 0.29) is 6.10 Å². The molecule has 194 valence electrons. The molecule has 3 aliphatic rings. The molecular formula is C27H35N9O. The first-order valence-corrected chi connectivity index (χ1v) is 13.3. The van der Waals surface area contributed by atoms with E-state index in [0.717, 1.165) is 79.1 Å². The number of ether oxygens (including phenoxy) is 1. The van der Waals surface area contributed by atoms with Crippen molar-refractivity contribution < 1.29 is 4.74 Å². The van der Waals surface area contributed by atoms with Crippen LogP contribution in [0, 0.1) is 24.2 Å². The van der Waals surface area contributed by atoms with Gasteiger partial charge in [-0.1, -0.05) is 0 Å². The van der Waals surface area contributed by atoms with E-state index in [2.05, 4.69) is 55.3 Å². The van der Waals surface area contributed by atoms with Crippen LogP contribution in [-0.4, -0.2) is 64.6 Å². The third kappa shape index (κ3) is 5.20. The molecule has 1 aromatic carbocycles. The summed E-state index contributed by atoms with van der Waals surface area (Å²) >= 11 is 0. The van der Waals surface area contributed by atoms with Gasteiger partial charge in [0, 0.05) is 67.6 Å². The Balaban J connectivity index is 1.24. The van der Waals surface area contributed by atoms with Crippen molar-refractivity contribution in [1.82, 2.24) is 25.5 Å². The number of piperidine rings is 2. The highest BCUT2D eigenvalue weighted by molar-refractivity contribution is 5.93. The van der Waals surface area contributed by atoms with Crippen molar-refractivity contribution in [2.75, 3.05) is 35.7 Å². The van der Waals surface area contributed by atoms with Crippen LogP contribution in [0.15, 0.2) is 24.3 Å². The molecule has 0 amide bonds. The topological polar surface area (TPSA) is 127 Å². The maximum atomic E-state index is 8.98. The average Bonchev–Trinajstić information content (AvgIpc) is 3.26. The van der Waals surface area contributed by atoms with Crippen LogP contribution in [0.4, 0.5) is 23.3 Å². The van der Waals surface area contributed by atoms with Crippen LogP contribution in [0.5, 0.6) is 0 Å². The van der Waals surface area contributed by atoms with Crippen LogP contribution < -0.4 is 20.9 Å². The number of aromatic nitrogens is 4. The summed E-state index contributed by atoms with van der Waals surface area (Å²) in [7, 11) is 1.77. The van der Waals surface area contributed by atoms with Crippen molar-refractivity contribution in [1.29, 1.82) is 5.26 Å². The smallest absolute Gasteiger partial charge is 0.225 e. The Morgan fingerprint density at radius 1 is 1.14 bits per heavy atom. The highest BCUT2D eigenvalue weighted by Crippen LogP contribution is 2.34. The summed E-state index contributed by atoms with van der Waals surface area (Å²) < 4.78 is 5.46. The first-order valence-electron chi connectivity index (χ1n) is 13.3. The van der Waals surface area contributed by atoms with E-state index in [1.165, 1.54) is 0 Å². The summed E-state index contributed by atoms with van der Waals surface area (Å²) in [4.78, 5) is 12.2. The molecule has 4 N–H and O–H groups in total. The van der Waals surface area contributed by atoms with Gasteiger partial charge in [0.1, 0.15) is 5.82 Å². The van der Waals surface area contributed by atoms with Gasteiger partial charge in [-0.3, -0.25) is 5.10 Å². The van der Waals surface area contributed by atoms with Crippen LogP contribution >= 0.6 is 0 Å². The van der Waals surface area contributed by atoms with Gasteiger partial charge in [0.2, 0.25) is 5.95 Å². The van der Waals surface area contributed by atoms with Crippen molar-refractivity contribution in [2.45, 2.75) is 69.7 Å². The van der Waals surface area contributed by atoms with Gasteiger partial charge in [-0.15, -0.1) is 0 Å². The van der Waals surface area contributed by atoms with Crippen LogP contribution in [0.3, 0.4) is 0 Å². The molecule has 10 heteroatoms. The molecule has 6 rings (SSSR count). The Labute approximate surface area is 217 Å². The number of H-pyrrole nitrogens is 1. The van der Waals surface area contributed by atoms with Gasteiger partial charge in [-0.05, 0) is 63.1 Å². The fraction of sp³-hybridized carbons (Fsp3) is 0.556. The zero-order valence-corrected chi connectivity index (χ0v) is 21.5. The van der Waals surface area contributed by atoms with Crippen LogP contribution in [0.2, 0.25) is 0 Å². The molecule has 2 bridgehead atoms. The molecular weight excluding hydrogens is 466 g/mol. The molecule has 0 aliphatic carbocycles. The third-order valence-electron chi connectivity index (χ3n) is 8.02. The van der Waals surface area contributed by atoms with Crippen LogP contribution in [0.25, 0.3) is 10.9 Å². The van der Waals surface area contributed by atoms with Crippen molar-refractivity contribution in [3.63, 3.8) is 0 Å². The maximum absolute atomic E-state index is 8.98. The molecule has 37 heavy (non-hydrogen) atoms. The number of fused-ring (bicyclic) bond motifs is 3. The predicted molar refractivity (Wildman–Crippen MR) is 144 cm³/mol. The minimum Gasteiger partial charge on any atom is -0.378 e. The first kappa shape index (κ1) is 23.9. The molecule has 2 unspecified atom stereocenters. The SMILES string of the molecule is COC1CN(c2ccc3c(Nc4cc(C)[nH]n4)nc(NC4C[C@H]5CC(CCC#N)C[C@@H](C4)N5)nc3c2)C1. The van der Waals surface area contributed by atoms with E-state index in [0.29, 0.717) is 36.4 Å². The number of aromatic amines is 1. The minimum absolute atomic E-state index is 0.289. The standard InChI is InChI=1S/C27H35N9O/c1-16-8-25(35-34-16)32-26-23-6-5-21(36-14-22(15-36)37-2)13-24(23)31-27(33-26)30-20-11-18-9-17(4-3-7-28)10-19(12-20)29-18/h5-6,8,13,17-20,22,29H,3-4,9-12,14-15H2,1-2H3,(H3,30,31,32,33,34,35)/t17?,18-,19+,20?. The van der Waals surface area contributed by atoms with Crippen molar-refractivity contribution >= 4 is 34.2 Å². The van der Waals surface area contributed by atoms with Gasteiger partial charge in [-0.2, -0.15) is 15.3 Å². The number of rotatable bonds is 8. The fourth-order valence-electron chi connectivity index (χ4n) is 6.16. The number of benzene rings is 1. The normalized spacial score (nSPS) is 25.5.